The minimum absolute atomic E-state index is 0.197. The largest absolute Gasteiger partial charge is 0.357 e. The predicted molar refractivity (Wildman–Crippen MR) is 115 cm³/mol. The number of aryl methyl sites for hydroxylation is 1. The third kappa shape index (κ3) is 5.33. The minimum atomic E-state index is 0.197. The Morgan fingerprint density at radius 2 is 1.89 bits per heavy atom. The molecule has 1 aromatic heterocycles. The highest BCUT2D eigenvalue weighted by molar-refractivity contribution is 5.79. The standard InChI is InChI=1S/C22H34N6/c1-5-23-21(25-16-20-27-26-19-8-6-7-15-28(19)20)24-14-13-17-9-11-18(12-10-17)22(2,3)4/h9-12H,5-8,13-16H2,1-4H3,(H2,23,24,25). The van der Waals surface area contributed by atoms with Gasteiger partial charge in [-0.1, -0.05) is 45.0 Å². The maximum Gasteiger partial charge on any atom is 0.191 e. The highest BCUT2D eigenvalue weighted by atomic mass is 15.3. The van der Waals surface area contributed by atoms with Crippen molar-refractivity contribution in [2.45, 2.75) is 71.9 Å². The molecule has 0 unspecified atom stereocenters. The molecule has 1 aromatic carbocycles. The van der Waals surface area contributed by atoms with Crippen LogP contribution in [0.3, 0.4) is 0 Å². The van der Waals surface area contributed by atoms with E-state index >= 15 is 0 Å². The zero-order valence-electron chi connectivity index (χ0n) is 17.8. The molecule has 152 valence electrons. The van der Waals surface area contributed by atoms with Crippen LogP contribution in [0.2, 0.25) is 0 Å². The summed E-state index contributed by atoms with van der Waals surface area (Å²) >= 11 is 0. The summed E-state index contributed by atoms with van der Waals surface area (Å²) < 4.78 is 2.23. The first-order chi connectivity index (χ1) is 13.5. The van der Waals surface area contributed by atoms with Gasteiger partial charge in [-0.05, 0) is 42.7 Å². The summed E-state index contributed by atoms with van der Waals surface area (Å²) in [6, 6.07) is 8.94. The van der Waals surface area contributed by atoms with Gasteiger partial charge in [0.05, 0.1) is 0 Å². The number of aliphatic imine (C=N–C) groups is 1. The van der Waals surface area contributed by atoms with Crippen LogP contribution in [0.4, 0.5) is 0 Å². The molecule has 1 aliphatic rings. The first-order valence-corrected chi connectivity index (χ1v) is 10.5. The normalized spacial score (nSPS) is 14.6. The van der Waals surface area contributed by atoms with Crippen molar-refractivity contribution < 1.29 is 0 Å². The molecule has 2 heterocycles. The van der Waals surface area contributed by atoms with Gasteiger partial charge in [0.2, 0.25) is 0 Å². The van der Waals surface area contributed by atoms with Crippen LogP contribution in [-0.4, -0.2) is 33.8 Å². The molecule has 0 saturated heterocycles. The number of rotatable bonds is 6. The number of hydrogen-bond acceptors (Lipinski definition) is 3. The lowest BCUT2D eigenvalue weighted by atomic mass is 9.86. The quantitative estimate of drug-likeness (QED) is 0.595. The van der Waals surface area contributed by atoms with E-state index in [4.69, 9.17) is 4.99 Å². The molecule has 0 fully saturated rings. The highest BCUT2D eigenvalue weighted by Gasteiger charge is 2.15. The van der Waals surface area contributed by atoms with Gasteiger partial charge >= 0.3 is 0 Å². The topological polar surface area (TPSA) is 67.1 Å². The summed E-state index contributed by atoms with van der Waals surface area (Å²) in [5.74, 6) is 2.90. The Balaban J connectivity index is 1.54. The lowest BCUT2D eigenvalue weighted by Gasteiger charge is -2.19. The number of hydrogen-bond donors (Lipinski definition) is 2. The molecule has 0 spiro atoms. The molecule has 28 heavy (non-hydrogen) atoms. The minimum Gasteiger partial charge on any atom is -0.357 e. The van der Waals surface area contributed by atoms with Gasteiger partial charge in [-0.25, -0.2) is 4.99 Å². The Morgan fingerprint density at radius 1 is 1.11 bits per heavy atom. The van der Waals surface area contributed by atoms with E-state index in [1.807, 2.05) is 0 Å². The molecule has 2 aromatic rings. The fraction of sp³-hybridized carbons (Fsp3) is 0.591. The van der Waals surface area contributed by atoms with Crippen LogP contribution in [-0.2, 0) is 31.3 Å². The Labute approximate surface area is 168 Å². The summed E-state index contributed by atoms with van der Waals surface area (Å²) in [7, 11) is 0. The Bertz CT molecular complexity index is 782. The average molecular weight is 383 g/mol. The number of fused-ring (bicyclic) bond motifs is 1. The predicted octanol–water partition coefficient (Wildman–Crippen LogP) is 3.21. The van der Waals surface area contributed by atoms with Crippen LogP contribution in [0.5, 0.6) is 0 Å². The molecule has 0 bridgehead atoms. The summed E-state index contributed by atoms with van der Waals surface area (Å²) in [4.78, 5) is 4.71. The van der Waals surface area contributed by atoms with Crippen LogP contribution in [0, 0.1) is 0 Å². The fourth-order valence-electron chi connectivity index (χ4n) is 3.47. The van der Waals surface area contributed by atoms with Crippen LogP contribution in [0.15, 0.2) is 29.3 Å². The van der Waals surface area contributed by atoms with Gasteiger partial charge in [0.15, 0.2) is 11.8 Å². The number of benzene rings is 1. The van der Waals surface area contributed by atoms with Crippen LogP contribution in [0.25, 0.3) is 0 Å². The van der Waals surface area contributed by atoms with Gasteiger partial charge in [0, 0.05) is 26.1 Å². The first kappa shape index (κ1) is 20.4. The fourth-order valence-corrected chi connectivity index (χ4v) is 3.47. The van der Waals surface area contributed by atoms with E-state index in [1.165, 1.54) is 24.0 Å². The third-order valence-corrected chi connectivity index (χ3v) is 5.19. The zero-order chi connectivity index (χ0) is 20.0. The van der Waals surface area contributed by atoms with E-state index in [0.29, 0.717) is 6.54 Å². The average Bonchev–Trinajstić information content (AvgIpc) is 3.09. The lowest BCUT2D eigenvalue weighted by molar-refractivity contribution is 0.508. The first-order valence-electron chi connectivity index (χ1n) is 10.5. The maximum absolute atomic E-state index is 4.71. The number of nitrogens with one attached hydrogen (secondary N) is 2. The second kappa shape index (κ2) is 9.22. The molecule has 0 saturated carbocycles. The lowest BCUT2D eigenvalue weighted by Crippen LogP contribution is -2.38. The Kier molecular flexibility index (Phi) is 6.70. The summed E-state index contributed by atoms with van der Waals surface area (Å²) in [6.07, 6.45) is 4.41. The number of aromatic nitrogens is 3. The molecule has 1 aliphatic heterocycles. The molecule has 6 heteroatoms. The van der Waals surface area contributed by atoms with Gasteiger partial charge in [0.25, 0.3) is 0 Å². The molecule has 0 radical (unpaired) electrons. The van der Waals surface area contributed by atoms with Gasteiger partial charge < -0.3 is 15.2 Å². The SMILES string of the molecule is CCNC(=NCc1nnc2n1CCCC2)NCCc1ccc(C(C)(C)C)cc1. The monoisotopic (exact) mass is 382 g/mol. The Morgan fingerprint density at radius 3 is 2.61 bits per heavy atom. The van der Waals surface area contributed by atoms with Gasteiger partial charge in [-0.3, -0.25) is 0 Å². The molecule has 0 amide bonds. The van der Waals surface area contributed by atoms with Gasteiger partial charge in [-0.15, -0.1) is 10.2 Å². The van der Waals surface area contributed by atoms with Crippen molar-refractivity contribution in [3.63, 3.8) is 0 Å². The number of nitrogens with zero attached hydrogens (tertiary/aromatic N) is 4. The second-order valence-corrected chi connectivity index (χ2v) is 8.46. The maximum atomic E-state index is 4.71. The summed E-state index contributed by atoms with van der Waals surface area (Å²) in [5, 5.41) is 15.4. The van der Waals surface area contributed by atoms with E-state index < -0.39 is 0 Å². The van der Waals surface area contributed by atoms with Gasteiger partial charge in [-0.2, -0.15) is 0 Å². The molecule has 0 aliphatic carbocycles. The summed E-state index contributed by atoms with van der Waals surface area (Å²) in [6.45, 7) is 12.1. The van der Waals surface area contributed by atoms with Crippen molar-refractivity contribution in [3.05, 3.63) is 47.0 Å². The van der Waals surface area contributed by atoms with Crippen molar-refractivity contribution in [3.8, 4) is 0 Å². The van der Waals surface area contributed by atoms with Crippen molar-refractivity contribution in [2.75, 3.05) is 13.1 Å². The number of guanidine groups is 1. The molecular weight excluding hydrogens is 348 g/mol. The van der Waals surface area contributed by atoms with Crippen molar-refractivity contribution in [2.24, 2.45) is 4.99 Å². The van der Waals surface area contributed by atoms with Crippen molar-refractivity contribution >= 4 is 5.96 Å². The third-order valence-electron chi connectivity index (χ3n) is 5.19. The highest BCUT2D eigenvalue weighted by Crippen LogP contribution is 2.22. The van der Waals surface area contributed by atoms with E-state index in [0.717, 1.165) is 50.1 Å². The van der Waals surface area contributed by atoms with Crippen molar-refractivity contribution in [1.82, 2.24) is 25.4 Å². The van der Waals surface area contributed by atoms with Crippen molar-refractivity contribution in [1.29, 1.82) is 0 Å². The Hall–Kier alpha value is -2.37. The molecular formula is C22H34N6. The second-order valence-electron chi connectivity index (χ2n) is 8.46. The van der Waals surface area contributed by atoms with E-state index in [1.54, 1.807) is 0 Å². The van der Waals surface area contributed by atoms with E-state index in [9.17, 15) is 0 Å². The van der Waals surface area contributed by atoms with Crippen LogP contribution in [0.1, 0.15) is 63.3 Å². The molecule has 6 nitrogen and oxygen atoms in total. The molecule has 2 N–H and O–H groups in total. The van der Waals surface area contributed by atoms with Crippen LogP contribution >= 0.6 is 0 Å². The van der Waals surface area contributed by atoms with Gasteiger partial charge in [0.1, 0.15) is 12.4 Å². The summed E-state index contributed by atoms with van der Waals surface area (Å²) in [5.41, 5.74) is 2.90. The smallest absolute Gasteiger partial charge is 0.191 e. The van der Waals surface area contributed by atoms with E-state index in [2.05, 4.69) is 77.4 Å². The molecule has 3 rings (SSSR count). The van der Waals surface area contributed by atoms with E-state index in [-0.39, 0.29) is 5.41 Å². The van der Waals surface area contributed by atoms with Crippen LogP contribution < -0.4 is 10.6 Å². The molecule has 0 atom stereocenters. The zero-order valence-corrected chi connectivity index (χ0v) is 17.8.